The molecule has 0 bridgehead atoms. The highest BCUT2D eigenvalue weighted by Gasteiger charge is 2.53. The van der Waals surface area contributed by atoms with Crippen LogP contribution < -0.4 is 16.0 Å². The van der Waals surface area contributed by atoms with Crippen LogP contribution in [0, 0.1) is 17.8 Å². The van der Waals surface area contributed by atoms with Gasteiger partial charge in [-0.3, -0.25) is 28.5 Å². The van der Waals surface area contributed by atoms with E-state index in [4.69, 9.17) is 23.7 Å². The maximum Gasteiger partial charge on any atom is 0.332 e. The van der Waals surface area contributed by atoms with E-state index < -0.39 is 110 Å². The van der Waals surface area contributed by atoms with Gasteiger partial charge < -0.3 is 70.3 Å². The van der Waals surface area contributed by atoms with Crippen LogP contribution in [0.25, 0.3) is 0 Å². The molecule has 2 saturated carbocycles. The number of hydrogen-bond acceptors (Lipinski definition) is 18. The zero-order valence-electron chi connectivity index (χ0n) is 45.3. The lowest BCUT2D eigenvalue weighted by atomic mass is 9.75. The molecule has 1 aromatic rings. The highest BCUT2D eigenvalue weighted by atomic mass is 79.9. The number of aliphatic hydroxyl groups excluding tert-OH is 5. The Bertz CT molecular complexity index is 1980. The summed E-state index contributed by atoms with van der Waals surface area (Å²) >= 11 is 3.86. The van der Waals surface area contributed by atoms with Crippen LogP contribution >= 0.6 is 44.1 Å². The molecule has 25 heteroatoms. The van der Waals surface area contributed by atoms with E-state index in [1.807, 2.05) is 6.92 Å². The molecule has 3 heterocycles. The van der Waals surface area contributed by atoms with Gasteiger partial charge in [-0.2, -0.15) is 0 Å². The average molecular weight is 1210 g/mol. The molecule has 0 spiro atoms. The first-order chi connectivity index (χ1) is 36.8. The molecule has 10 unspecified atom stereocenters. The van der Waals surface area contributed by atoms with Gasteiger partial charge in [0.05, 0.1) is 24.9 Å². The zero-order chi connectivity index (χ0) is 55.8. The first kappa shape index (κ1) is 65.0. The maximum atomic E-state index is 14.2. The van der Waals surface area contributed by atoms with Crippen molar-refractivity contribution >= 4 is 61.9 Å². The number of halogens is 1. The quantitative estimate of drug-likeness (QED) is 0.0667. The predicted octanol–water partition coefficient (Wildman–Crippen LogP) is 1.95. The molecule has 77 heavy (non-hydrogen) atoms. The molecule has 6 rings (SSSR count). The van der Waals surface area contributed by atoms with Crippen LogP contribution in [-0.4, -0.2) is 219 Å². The molecule has 3 saturated heterocycles. The summed E-state index contributed by atoms with van der Waals surface area (Å²) in [5.41, 5.74) is 2.31. The fraction of sp³-hybridized carbons (Fsp3) is 0.827. The Morgan fingerprint density at radius 1 is 0.805 bits per heavy atom. The van der Waals surface area contributed by atoms with Crippen LogP contribution in [0.3, 0.4) is 0 Å². The van der Waals surface area contributed by atoms with Gasteiger partial charge in [0.15, 0.2) is 18.7 Å². The molecular formula is C52H91BrN7O14P3. The average Bonchev–Trinajstić information content (AvgIpc) is 3.40. The van der Waals surface area contributed by atoms with Crippen LogP contribution in [0.4, 0.5) is 0 Å². The number of carboxylic acids is 1. The first-order valence-electron chi connectivity index (χ1n) is 27.9. The Balaban J connectivity index is 1.11. The number of ether oxygens (including phenoxy) is 5. The van der Waals surface area contributed by atoms with Crippen molar-refractivity contribution in [2.45, 2.75) is 184 Å². The third kappa shape index (κ3) is 19.7. The molecule has 21 nitrogen and oxygen atoms in total. The van der Waals surface area contributed by atoms with E-state index in [0.717, 1.165) is 114 Å². The number of hydrogen-bond donors (Lipinski definition) is 9. The summed E-state index contributed by atoms with van der Waals surface area (Å²) in [6.07, 6.45) is -8.11. The zero-order valence-corrected chi connectivity index (χ0v) is 50.3. The minimum Gasteiger partial charge on any atom is -0.479 e. The molecule has 0 radical (unpaired) electrons. The van der Waals surface area contributed by atoms with Crippen molar-refractivity contribution in [3.8, 4) is 0 Å². The molecule has 3 aliphatic heterocycles. The predicted molar refractivity (Wildman–Crippen MR) is 303 cm³/mol. The van der Waals surface area contributed by atoms with E-state index in [0.29, 0.717) is 32.5 Å². The fourth-order valence-corrected chi connectivity index (χ4v) is 12.8. The summed E-state index contributed by atoms with van der Waals surface area (Å²) in [5.74, 6) is -2.96. The first-order valence-corrected chi connectivity index (χ1v) is 30.3. The molecule has 2 amide bonds. The van der Waals surface area contributed by atoms with Crippen LogP contribution in [0.15, 0.2) is 22.7 Å². The Hall–Kier alpha value is -1.20. The lowest BCUT2D eigenvalue weighted by molar-refractivity contribution is -0.338. The molecule has 1 aromatic carbocycles. The van der Waals surface area contributed by atoms with Crippen LogP contribution in [0.1, 0.15) is 103 Å². The maximum absolute atomic E-state index is 14.2. The summed E-state index contributed by atoms with van der Waals surface area (Å²) in [6.45, 7) is 14.2. The normalized spacial score (nSPS) is 34.0. The topological polar surface area (TPSA) is 268 Å². The SMILES string of the molecule is CC[C@@H]1CC(C(=O)NCCNCc2ccc(CN3CCCN(P)CCN(P)CCCN(P)CC3)c(Br)c2)C[C@@H](O[C@@H]2O[C@@H](CO)[C@H](O)C(OC(CC3CCCCC3)C(=O)O)C2NC(C)=O)C1O[C@@H]1OC(C)[C@@H](O)C(O)[C@@H]1O. The number of amides is 2. The van der Waals surface area contributed by atoms with Crippen LogP contribution in [0.2, 0.25) is 0 Å². The Labute approximate surface area is 471 Å². The van der Waals surface area contributed by atoms with E-state index >= 15 is 0 Å². The van der Waals surface area contributed by atoms with Crippen molar-refractivity contribution in [1.82, 2.24) is 34.9 Å². The van der Waals surface area contributed by atoms with E-state index in [2.05, 4.69) is 97.2 Å². The molecule has 5 aliphatic rings. The number of carboxylic acid groups (broad SMARTS) is 1. The molecule has 440 valence electrons. The van der Waals surface area contributed by atoms with Gasteiger partial charge in [0.2, 0.25) is 11.8 Å². The number of nitrogens with zero attached hydrogens (tertiary/aromatic N) is 4. The summed E-state index contributed by atoms with van der Waals surface area (Å²) in [4.78, 5) is 42.3. The summed E-state index contributed by atoms with van der Waals surface area (Å²) in [5, 5.41) is 74.0. The van der Waals surface area contributed by atoms with Crippen LogP contribution in [-0.2, 0) is 51.2 Å². The Morgan fingerprint density at radius 3 is 2.12 bits per heavy atom. The van der Waals surface area contributed by atoms with E-state index in [1.54, 1.807) is 6.92 Å². The van der Waals surface area contributed by atoms with Crippen molar-refractivity contribution in [2.75, 3.05) is 72.1 Å². The van der Waals surface area contributed by atoms with Crippen molar-refractivity contribution < 1.29 is 68.7 Å². The minimum absolute atomic E-state index is 0.0502. The van der Waals surface area contributed by atoms with Crippen molar-refractivity contribution in [1.29, 1.82) is 0 Å². The summed E-state index contributed by atoms with van der Waals surface area (Å²) in [7, 11) is 8.66. The second kappa shape index (κ2) is 32.6. The Kier molecular flexibility index (Phi) is 27.5. The number of benzene rings is 1. The molecule has 2 aliphatic carbocycles. The minimum atomic E-state index is -1.65. The second-order valence-electron chi connectivity index (χ2n) is 21.9. The van der Waals surface area contributed by atoms with Gasteiger partial charge in [-0.25, -0.2) is 4.79 Å². The van der Waals surface area contributed by atoms with E-state index in [1.165, 1.54) is 12.5 Å². The second-order valence-corrected chi connectivity index (χ2v) is 24.9. The van der Waals surface area contributed by atoms with Gasteiger partial charge in [-0.1, -0.05) is 102 Å². The van der Waals surface area contributed by atoms with Gasteiger partial charge in [-0.05, 0) is 74.6 Å². The smallest absolute Gasteiger partial charge is 0.332 e. The van der Waals surface area contributed by atoms with Crippen molar-refractivity contribution in [3.05, 3.63) is 33.8 Å². The third-order valence-electron chi connectivity index (χ3n) is 16.0. The molecule has 18 atom stereocenters. The van der Waals surface area contributed by atoms with Gasteiger partial charge in [-0.15, -0.1) is 0 Å². The van der Waals surface area contributed by atoms with Gasteiger partial charge in [0.1, 0.15) is 42.7 Å². The molecule has 0 aromatic heterocycles. The monoisotopic (exact) mass is 1210 g/mol. The molecule has 5 fully saturated rings. The van der Waals surface area contributed by atoms with Gasteiger partial charge in [0.25, 0.3) is 0 Å². The Morgan fingerprint density at radius 2 is 1.48 bits per heavy atom. The largest absolute Gasteiger partial charge is 0.479 e. The highest BCUT2D eigenvalue weighted by Crippen LogP contribution is 2.40. The van der Waals surface area contributed by atoms with Crippen molar-refractivity contribution in [2.24, 2.45) is 17.8 Å². The number of aliphatic carboxylic acids is 1. The third-order valence-corrected chi connectivity index (χ3v) is 18.2. The number of aliphatic hydroxyl groups is 5. The standard InChI is InChI=1S/C52H91BrN7O14P3/c1-4-35-26-37(49(67)55-15-14-54-28-34-12-13-36(38(53)24-34)29-57-16-8-17-59(76)22-23-60(77)19-9-18-58(75)21-20-57)27-39(47(35)74-52-46(66)45(65)43(63)31(2)70-52)72-51-42(56-32(3)62)48(44(64)41(30-61)73-51)71-40(50(68)69)25-33-10-6-5-7-11-33/h12-13,24,31,33,35,37,39-48,51-52,54,61,63-66H,4-11,14-23,25-30,75-77H2,1-3H3,(H,55,67)(H,56,62)(H,68,69)/t31?,35-,37?,39-,40?,41+,42?,43-,44+,45?,46+,47?,48?,51-,52+/m1/s1. The summed E-state index contributed by atoms with van der Waals surface area (Å²) in [6, 6.07) is 5.16. The fourth-order valence-electron chi connectivity index (χ4n) is 11.4. The molecular weight excluding hydrogens is 1120 g/mol. The lowest BCUT2D eigenvalue weighted by Crippen LogP contribution is -2.67. The number of nitrogens with one attached hydrogen (secondary N) is 3. The number of carbonyl (C=O) groups is 3. The lowest BCUT2D eigenvalue weighted by Gasteiger charge is -2.49. The highest BCUT2D eigenvalue weighted by molar-refractivity contribution is 9.10. The summed E-state index contributed by atoms with van der Waals surface area (Å²) < 4.78 is 39.6. The van der Waals surface area contributed by atoms with Crippen molar-refractivity contribution in [3.63, 3.8) is 0 Å². The van der Waals surface area contributed by atoms with Gasteiger partial charge in [0, 0.05) is 89.3 Å². The number of rotatable bonds is 20. The van der Waals surface area contributed by atoms with Gasteiger partial charge >= 0.3 is 5.97 Å². The van der Waals surface area contributed by atoms with E-state index in [-0.39, 0.29) is 24.7 Å². The number of carbonyl (C=O) groups excluding carboxylic acids is 2. The molecule has 9 N–H and O–H groups in total. The van der Waals surface area contributed by atoms with Crippen LogP contribution in [0.5, 0.6) is 0 Å². The van der Waals surface area contributed by atoms with E-state index in [9.17, 15) is 45.0 Å².